The van der Waals surface area contributed by atoms with Crippen molar-refractivity contribution >= 4 is 28.2 Å². The molecule has 4 aromatic rings. The molecular formula is C25H26N6O4S. The molecule has 11 heteroatoms. The summed E-state index contributed by atoms with van der Waals surface area (Å²) in [5.74, 6) is 0.811. The summed E-state index contributed by atoms with van der Waals surface area (Å²) < 4.78 is 27.4. The van der Waals surface area contributed by atoms with E-state index in [2.05, 4.69) is 20.4 Å². The number of rotatable bonds is 6. The monoisotopic (exact) mass is 506 g/mol. The molecule has 1 amide bonds. The highest BCUT2D eigenvalue weighted by Crippen LogP contribution is 2.32. The lowest BCUT2D eigenvalue weighted by molar-refractivity contribution is 0.0974. The minimum atomic E-state index is -1.00. The smallest absolute Gasteiger partial charge is 0.274 e. The second kappa shape index (κ2) is 9.57. The van der Waals surface area contributed by atoms with Gasteiger partial charge in [0.15, 0.2) is 0 Å². The Morgan fingerprint density at radius 3 is 2.83 bits per heavy atom. The minimum absolute atomic E-state index is 0.0646. The predicted octanol–water partition coefficient (Wildman–Crippen LogP) is 3.19. The number of benzene rings is 1. The molecule has 2 saturated heterocycles. The molecule has 0 aliphatic carbocycles. The van der Waals surface area contributed by atoms with E-state index in [9.17, 15) is 9.00 Å². The number of nitrogens with one attached hydrogen (secondary N) is 1. The molecule has 0 radical (unpaired) electrons. The molecule has 1 atom stereocenters. The van der Waals surface area contributed by atoms with Crippen LogP contribution in [0.2, 0.25) is 0 Å². The summed E-state index contributed by atoms with van der Waals surface area (Å²) in [6, 6.07) is 11.2. The Balaban J connectivity index is 1.14. The molecule has 0 spiro atoms. The van der Waals surface area contributed by atoms with E-state index >= 15 is 0 Å². The van der Waals surface area contributed by atoms with Crippen molar-refractivity contribution in [1.29, 1.82) is 0 Å². The summed E-state index contributed by atoms with van der Waals surface area (Å²) in [6.45, 7) is 4.56. The SMILES string of the molecule is Cc1ccc(-c2noc(C3CN(S(=O)C4CCOCC4)C3)n2)cc1NC(=O)c1cnc2ccccn12. The number of ether oxygens (including phenoxy) is 1. The van der Waals surface area contributed by atoms with Crippen molar-refractivity contribution in [2.24, 2.45) is 0 Å². The van der Waals surface area contributed by atoms with Crippen LogP contribution in [0.25, 0.3) is 17.0 Å². The summed E-state index contributed by atoms with van der Waals surface area (Å²) in [6.07, 6.45) is 5.04. The van der Waals surface area contributed by atoms with E-state index in [0.29, 0.717) is 55.0 Å². The number of aryl methyl sites for hydroxylation is 1. The summed E-state index contributed by atoms with van der Waals surface area (Å²) in [5.41, 5.74) is 3.47. The van der Waals surface area contributed by atoms with Crippen molar-refractivity contribution in [2.45, 2.75) is 30.9 Å². The van der Waals surface area contributed by atoms with Crippen LogP contribution in [0.3, 0.4) is 0 Å². The van der Waals surface area contributed by atoms with Gasteiger partial charge in [-0.15, -0.1) is 0 Å². The van der Waals surface area contributed by atoms with E-state index < -0.39 is 11.0 Å². The summed E-state index contributed by atoms with van der Waals surface area (Å²) in [4.78, 5) is 21.9. The molecular weight excluding hydrogens is 480 g/mol. The van der Waals surface area contributed by atoms with E-state index in [0.717, 1.165) is 24.0 Å². The normalized spacial score (nSPS) is 18.2. The molecule has 1 aromatic carbocycles. The van der Waals surface area contributed by atoms with Crippen LogP contribution >= 0.6 is 0 Å². The maximum absolute atomic E-state index is 13.0. The van der Waals surface area contributed by atoms with Crippen LogP contribution in [0.4, 0.5) is 5.69 Å². The fourth-order valence-corrected chi connectivity index (χ4v) is 6.20. The molecule has 10 nitrogen and oxygen atoms in total. The molecule has 2 aliphatic rings. The van der Waals surface area contributed by atoms with Gasteiger partial charge in [-0.3, -0.25) is 9.20 Å². The van der Waals surface area contributed by atoms with Gasteiger partial charge in [0.05, 0.1) is 28.4 Å². The van der Waals surface area contributed by atoms with Crippen LogP contribution in [0.15, 0.2) is 53.3 Å². The Morgan fingerprint density at radius 2 is 2.00 bits per heavy atom. The quantitative estimate of drug-likeness (QED) is 0.427. The van der Waals surface area contributed by atoms with Crippen LogP contribution in [0, 0.1) is 6.92 Å². The van der Waals surface area contributed by atoms with Gasteiger partial charge >= 0.3 is 0 Å². The maximum Gasteiger partial charge on any atom is 0.274 e. The second-order valence-corrected chi connectivity index (χ2v) is 10.9. The van der Waals surface area contributed by atoms with Crippen LogP contribution in [0.5, 0.6) is 0 Å². The second-order valence-electron chi connectivity index (χ2n) is 9.14. The highest BCUT2D eigenvalue weighted by Gasteiger charge is 2.38. The van der Waals surface area contributed by atoms with E-state index in [4.69, 9.17) is 9.26 Å². The topological polar surface area (TPSA) is 115 Å². The molecule has 1 N–H and O–H groups in total. The first-order chi connectivity index (χ1) is 17.6. The Hall–Kier alpha value is -3.41. The number of aromatic nitrogens is 4. The molecule has 5 heterocycles. The van der Waals surface area contributed by atoms with Gasteiger partial charge < -0.3 is 14.6 Å². The largest absolute Gasteiger partial charge is 0.381 e. The Kier molecular flexibility index (Phi) is 6.12. The first-order valence-corrected chi connectivity index (χ1v) is 13.2. The number of fused-ring (bicyclic) bond motifs is 1. The van der Waals surface area contributed by atoms with Crippen molar-refractivity contribution in [3.05, 3.63) is 65.9 Å². The number of hydrogen-bond acceptors (Lipinski definition) is 7. The molecule has 0 saturated carbocycles. The van der Waals surface area contributed by atoms with Gasteiger partial charge in [0.2, 0.25) is 11.7 Å². The average molecular weight is 507 g/mol. The van der Waals surface area contributed by atoms with Crippen molar-refractivity contribution in [3.63, 3.8) is 0 Å². The van der Waals surface area contributed by atoms with Crippen molar-refractivity contribution < 1.29 is 18.3 Å². The van der Waals surface area contributed by atoms with Crippen molar-refractivity contribution in [3.8, 4) is 11.4 Å². The van der Waals surface area contributed by atoms with Gasteiger partial charge in [-0.2, -0.15) is 4.98 Å². The number of hydrogen-bond donors (Lipinski definition) is 1. The number of amides is 1. The summed E-state index contributed by atoms with van der Waals surface area (Å²) in [7, 11) is -1.00. The van der Waals surface area contributed by atoms with Gasteiger partial charge in [-0.1, -0.05) is 23.4 Å². The molecule has 186 valence electrons. The van der Waals surface area contributed by atoms with Gasteiger partial charge in [0.1, 0.15) is 11.3 Å². The zero-order valence-electron chi connectivity index (χ0n) is 19.8. The van der Waals surface area contributed by atoms with Gasteiger partial charge in [0.25, 0.3) is 5.91 Å². The van der Waals surface area contributed by atoms with E-state index in [1.54, 1.807) is 10.6 Å². The number of anilines is 1. The summed E-state index contributed by atoms with van der Waals surface area (Å²) >= 11 is 0. The molecule has 3 aromatic heterocycles. The summed E-state index contributed by atoms with van der Waals surface area (Å²) in [5, 5.41) is 7.31. The molecule has 6 rings (SSSR count). The standard InChI is InChI=1S/C25H26N6O4S/c1-16-5-6-17(12-20(16)27-24(32)21-13-26-22-4-2-3-9-31(21)22)23-28-25(35-29-23)18-14-30(15-18)36(33)19-7-10-34-11-8-19/h2-6,9,12-13,18-19H,7-8,10-11,14-15H2,1H3,(H,27,32). The van der Waals surface area contributed by atoms with E-state index in [1.165, 1.54) is 0 Å². The predicted molar refractivity (Wildman–Crippen MR) is 134 cm³/mol. The Labute approximate surface area is 210 Å². The number of carbonyl (C=O) groups is 1. The highest BCUT2D eigenvalue weighted by atomic mass is 32.2. The van der Waals surface area contributed by atoms with Crippen LogP contribution in [0.1, 0.15) is 40.7 Å². The Morgan fingerprint density at radius 1 is 1.17 bits per heavy atom. The van der Waals surface area contributed by atoms with Gasteiger partial charge in [-0.05, 0) is 43.5 Å². The lowest BCUT2D eigenvalue weighted by atomic mass is 10.0. The van der Waals surface area contributed by atoms with E-state index in [-0.39, 0.29) is 17.1 Å². The number of nitrogens with zero attached hydrogens (tertiary/aromatic N) is 5. The molecule has 36 heavy (non-hydrogen) atoms. The fourth-order valence-electron chi connectivity index (χ4n) is 4.53. The van der Waals surface area contributed by atoms with Gasteiger partial charge in [0, 0.05) is 43.8 Å². The minimum Gasteiger partial charge on any atom is -0.381 e. The Bertz CT molecular complexity index is 1440. The molecule has 2 fully saturated rings. The van der Waals surface area contributed by atoms with Crippen LogP contribution < -0.4 is 5.32 Å². The first-order valence-electron chi connectivity index (χ1n) is 12.0. The zero-order chi connectivity index (χ0) is 24.6. The van der Waals surface area contributed by atoms with Crippen LogP contribution in [-0.2, 0) is 15.7 Å². The average Bonchev–Trinajstić information content (AvgIpc) is 3.53. The van der Waals surface area contributed by atoms with E-state index in [1.807, 2.05) is 53.8 Å². The first kappa shape index (κ1) is 23.0. The van der Waals surface area contributed by atoms with Crippen LogP contribution in [-0.4, -0.2) is 65.5 Å². The zero-order valence-corrected chi connectivity index (χ0v) is 20.6. The van der Waals surface area contributed by atoms with Crippen molar-refractivity contribution in [2.75, 3.05) is 31.6 Å². The highest BCUT2D eigenvalue weighted by molar-refractivity contribution is 7.83. The third-order valence-electron chi connectivity index (χ3n) is 6.74. The lowest BCUT2D eigenvalue weighted by Gasteiger charge is -2.38. The van der Waals surface area contributed by atoms with Crippen molar-refractivity contribution in [1.82, 2.24) is 23.8 Å². The van der Waals surface area contributed by atoms with Gasteiger partial charge in [-0.25, -0.2) is 13.5 Å². The lowest BCUT2D eigenvalue weighted by Crippen LogP contribution is -2.49. The third-order valence-corrected chi connectivity index (χ3v) is 8.59. The third kappa shape index (κ3) is 4.34. The number of imidazole rings is 1. The number of pyridine rings is 1. The molecule has 2 aliphatic heterocycles. The molecule has 1 unspecified atom stereocenters. The maximum atomic E-state index is 13.0. The fraction of sp³-hybridized carbons (Fsp3) is 0.360. The number of carbonyl (C=O) groups excluding carboxylic acids is 1. The molecule has 0 bridgehead atoms.